The average Bonchev–Trinajstić information content (AvgIpc) is 2.17. The molecule has 0 aliphatic rings. The Hall–Kier alpha value is -1.32. The van der Waals surface area contributed by atoms with Crippen LogP contribution in [0, 0.1) is 6.92 Å². The van der Waals surface area contributed by atoms with Crippen molar-refractivity contribution in [3.8, 4) is 5.88 Å². The molecular formula is C9H15N3O. The van der Waals surface area contributed by atoms with Gasteiger partial charge in [0.25, 0.3) is 0 Å². The maximum absolute atomic E-state index is 5.44. The molecule has 0 aliphatic carbocycles. The van der Waals surface area contributed by atoms with Crippen molar-refractivity contribution in [1.29, 1.82) is 0 Å². The summed E-state index contributed by atoms with van der Waals surface area (Å²) in [5.74, 6) is 1.26. The summed E-state index contributed by atoms with van der Waals surface area (Å²) in [6, 6.07) is 0. The Bertz CT molecular complexity index is 276. The molecule has 0 fully saturated rings. The third kappa shape index (κ3) is 2.57. The number of rotatable bonds is 4. The number of hydrogen-bond donors (Lipinski definition) is 1. The molecule has 0 radical (unpaired) electrons. The molecular weight excluding hydrogens is 166 g/mol. The molecule has 0 aliphatic heterocycles. The third-order valence-corrected chi connectivity index (χ3v) is 1.59. The van der Waals surface area contributed by atoms with Crippen molar-refractivity contribution in [1.82, 2.24) is 9.97 Å². The minimum atomic E-state index is 0.594. The lowest BCUT2D eigenvalue weighted by molar-refractivity contribution is 0.303. The van der Waals surface area contributed by atoms with Gasteiger partial charge in [-0.15, -0.1) is 0 Å². The molecule has 0 amide bonds. The molecule has 4 nitrogen and oxygen atoms in total. The first kappa shape index (κ1) is 9.77. The van der Waals surface area contributed by atoms with E-state index in [2.05, 4.69) is 22.2 Å². The maximum atomic E-state index is 5.44. The largest absolute Gasteiger partial charge is 0.477 e. The zero-order valence-electron chi connectivity index (χ0n) is 8.29. The van der Waals surface area contributed by atoms with Crippen LogP contribution < -0.4 is 10.1 Å². The monoisotopic (exact) mass is 181 g/mol. The van der Waals surface area contributed by atoms with Crippen LogP contribution in [0.1, 0.15) is 18.9 Å². The number of hydrogen-bond acceptors (Lipinski definition) is 4. The lowest BCUT2D eigenvalue weighted by Gasteiger charge is -2.07. The molecule has 0 atom stereocenters. The quantitative estimate of drug-likeness (QED) is 0.766. The highest BCUT2D eigenvalue weighted by molar-refractivity contribution is 5.31. The van der Waals surface area contributed by atoms with Gasteiger partial charge in [-0.05, 0) is 13.3 Å². The minimum Gasteiger partial charge on any atom is -0.477 e. The van der Waals surface area contributed by atoms with Crippen LogP contribution in [0.25, 0.3) is 0 Å². The van der Waals surface area contributed by atoms with Crippen LogP contribution >= 0.6 is 0 Å². The molecule has 4 heteroatoms. The third-order valence-electron chi connectivity index (χ3n) is 1.59. The van der Waals surface area contributed by atoms with E-state index in [0.717, 1.165) is 12.0 Å². The van der Waals surface area contributed by atoms with Crippen molar-refractivity contribution in [2.24, 2.45) is 0 Å². The average molecular weight is 181 g/mol. The first-order valence-corrected chi connectivity index (χ1v) is 4.42. The summed E-state index contributed by atoms with van der Waals surface area (Å²) in [6.07, 6.45) is 2.74. The van der Waals surface area contributed by atoms with Crippen LogP contribution in [0.5, 0.6) is 5.88 Å². The van der Waals surface area contributed by atoms with E-state index in [0.29, 0.717) is 18.4 Å². The lowest BCUT2D eigenvalue weighted by atomic mass is 10.4. The topological polar surface area (TPSA) is 47.0 Å². The predicted molar refractivity (Wildman–Crippen MR) is 52.1 cm³/mol. The van der Waals surface area contributed by atoms with E-state index in [1.54, 1.807) is 13.2 Å². The lowest BCUT2D eigenvalue weighted by Crippen LogP contribution is -2.03. The summed E-state index contributed by atoms with van der Waals surface area (Å²) < 4.78 is 5.44. The van der Waals surface area contributed by atoms with Crippen LogP contribution in [0.3, 0.4) is 0 Å². The van der Waals surface area contributed by atoms with Crippen molar-refractivity contribution >= 4 is 5.95 Å². The van der Waals surface area contributed by atoms with Gasteiger partial charge in [0.05, 0.1) is 6.61 Å². The Morgan fingerprint density at radius 1 is 1.54 bits per heavy atom. The number of nitrogens with zero attached hydrogens (tertiary/aromatic N) is 2. The fourth-order valence-corrected chi connectivity index (χ4v) is 0.892. The number of aryl methyl sites for hydroxylation is 1. The predicted octanol–water partition coefficient (Wildman–Crippen LogP) is 1.62. The molecule has 0 saturated heterocycles. The van der Waals surface area contributed by atoms with Crippen LogP contribution in [-0.2, 0) is 0 Å². The number of aromatic nitrogens is 2. The summed E-state index contributed by atoms with van der Waals surface area (Å²) in [5.41, 5.74) is 0.965. The van der Waals surface area contributed by atoms with Gasteiger partial charge in [0.15, 0.2) is 0 Å². The van der Waals surface area contributed by atoms with E-state index in [1.807, 2.05) is 6.92 Å². The van der Waals surface area contributed by atoms with Crippen molar-refractivity contribution in [2.45, 2.75) is 20.3 Å². The second-order valence-electron chi connectivity index (χ2n) is 2.78. The van der Waals surface area contributed by atoms with Crippen molar-refractivity contribution in [2.75, 3.05) is 19.0 Å². The van der Waals surface area contributed by atoms with E-state index >= 15 is 0 Å². The Labute approximate surface area is 78.4 Å². The van der Waals surface area contributed by atoms with E-state index in [-0.39, 0.29) is 0 Å². The highest BCUT2D eigenvalue weighted by Crippen LogP contribution is 2.14. The number of anilines is 1. The fraction of sp³-hybridized carbons (Fsp3) is 0.556. The minimum absolute atomic E-state index is 0.594. The highest BCUT2D eigenvalue weighted by Gasteiger charge is 2.02. The highest BCUT2D eigenvalue weighted by atomic mass is 16.5. The Morgan fingerprint density at radius 3 is 2.92 bits per heavy atom. The first-order valence-electron chi connectivity index (χ1n) is 4.42. The van der Waals surface area contributed by atoms with Crippen LogP contribution in [0.4, 0.5) is 5.95 Å². The van der Waals surface area contributed by atoms with Gasteiger partial charge in [-0.3, -0.25) is 0 Å². The van der Waals surface area contributed by atoms with Crippen LogP contribution in [0.2, 0.25) is 0 Å². The molecule has 13 heavy (non-hydrogen) atoms. The van der Waals surface area contributed by atoms with Gasteiger partial charge in [0, 0.05) is 18.8 Å². The smallest absolute Gasteiger partial charge is 0.225 e. The second kappa shape index (κ2) is 4.64. The van der Waals surface area contributed by atoms with Crippen molar-refractivity contribution < 1.29 is 4.74 Å². The van der Waals surface area contributed by atoms with Crippen molar-refractivity contribution in [3.05, 3.63) is 11.8 Å². The molecule has 0 bridgehead atoms. The number of ether oxygens (including phenoxy) is 1. The van der Waals surface area contributed by atoms with Gasteiger partial charge in [0.2, 0.25) is 11.8 Å². The van der Waals surface area contributed by atoms with Gasteiger partial charge >= 0.3 is 0 Å². The molecule has 0 saturated carbocycles. The van der Waals surface area contributed by atoms with Crippen molar-refractivity contribution in [3.63, 3.8) is 0 Å². The summed E-state index contributed by atoms with van der Waals surface area (Å²) in [7, 11) is 1.79. The summed E-state index contributed by atoms with van der Waals surface area (Å²) in [4.78, 5) is 8.25. The molecule has 1 aromatic heterocycles. The van der Waals surface area contributed by atoms with Crippen LogP contribution in [0.15, 0.2) is 6.20 Å². The summed E-state index contributed by atoms with van der Waals surface area (Å²) in [6.45, 7) is 4.70. The molecule has 0 unspecified atom stereocenters. The van der Waals surface area contributed by atoms with Gasteiger partial charge in [-0.25, -0.2) is 4.98 Å². The van der Waals surface area contributed by atoms with E-state index < -0.39 is 0 Å². The molecule has 0 spiro atoms. The Balaban J connectivity index is 2.78. The van der Waals surface area contributed by atoms with Gasteiger partial charge in [-0.2, -0.15) is 4.98 Å². The zero-order valence-corrected chi connectivity index (χ0v) is 8.29. The van der Waals surface area contributed by atoms with Crippen LogP contribution in [-0.4, -0.2) is 23.6 Å². The summed E-state index contributed by atoms with van der Waals surface area (Å²) in [5, 5.41) is 2.87. The molecule has 1 N–H and O–H groups in total. The van der Waals surface area contributed by atoms with E-state index in [9.17, 15) is 0 Å². The SMILES string of the molecule is CCCOc1nc(NC)ncc1C. The molecule has 1 rings (SSSR count). The van der Waals surface area contributed by atoms with Gasteiger partial charge in [0.1, 0.15) is 0 Å². The first-order chi connectivity index (χ1) is 6.27. The van der Waals surface area contributed by atoms with Gasteiger partial charge < -0.3 is 10.1 Å². The zero-order chi connectivity index (χ0) is 9.68. The molecule has 0 aromatic carbocycles. The van der Waals surface area contributed by atoms with E-state index in [1.165, 1.54) is 0 Å². The molecule has 1 aromatic rings. The number of nitrogens with one attached hydrogen (secondary N) is 1. The maximum Gasteiger partial charge on any atom is 0.225 e. The van der Waals surface area contributed by atoms with Gasteiger partial charge in [-0.1, -0.05) is 6.92 Å². The normalized spacial score (nSPS) is 9.77. The molecule has 1 heterocycles. The molecule has 72 valence electrons. The Morgan fingerprint density at radius 2 is 2.31 bits per heavy atom. The Kier molecular flexibility index (Phi) is 3.49. The summed E-state index contributed by atoms with van der Waals surface area (Å²) >= 11 is 0. The standard InChI is InChI=1S/C9H15N3O/c1-4-5-13-8-7(2)6-11-9(10-3)12-8/h6H,4-5H2,1-3H3,(H,10,11,12). The fourth-order valence-electron chi connectivity index (χ4n) is 0.892. The van der Waals surface area contributed by atoms with E-state index in [4.69, 9.17) is 4.74 Å². The second-order valence-corrected chi connectivity index (χ2v) is 2.78.